The van der Waals surface area contributed by atoms with Gasteiger partial charge in [-0.05, 0) is 37.0 Å². The zero-order valence-electron chi connectivity index (χ0n) is 14.1. The van der Waals surface area contributed by atoms with Crippen molar-refractivity contribution in [3.05, 3.63) is 34.5 Å². The Labute approximate surface area is 153 Å². The van der Waals surface area contributed by atoms with Crippen LogP contribution in [0.25, 0.3) is 10.2 Å². The molecule has 2 aliphatic rings. The molecule has 0 spiro atoms. The predicted molar refractivity (Wildman–Crippen MR) is 99.8 cm³/mol. The summed E-state index contributed by atoms with van der Waals surface area (Å²) in [5.74, 6) is 2.66. The molecule has 0 fully saturated rings. The first-order chi connectivity index (χ1) is 12.8. The van der Waals surface area contributed by atoms with E-state index in [9.17, 15) is 0 Å². The van der Waals surface area contributed by atoms with Crippen molar-refractivity contribution in [1.82, 2.24) is 9.97 Å². The monoisotopic (exact) mass is 368 g/mol. The molecule has 0 amide bonds. The summed E-state index contributed by atoms with van der Waals surface area (Å²) in [6.07, 6.45) is 6.71. The minimum absolute atomic E-state index is 0.201. The number of methoxy groups -OCH3 is 1. The molecule has 0 saturated heterocycles. The summed E-state index contributed by atoms with van der Waals surface area (Å²) < 4.78 is 16.2. The molecule has 0 bridgehead atoms. The molecule has 132 valence electrons. The maximum atomic E-state index is 5.44. The molecule has 3 aromatic rings. The summed E-state index contributed by atoms with van der Waals surface area (Å²) >= 11 is 1.76. The van der Waals surface area contributed by atoms with Crippen LogP contribution in [-0.2, 0) is 12.8 Å². The van der Waals surface area contributed by atoms with Gasteiger partial charge in [0.15, 0.2) is 17.3 Å². The third-order valence-corrected chi connectivity index (χ3v) is 5.77. The third-order valence-electron chi connectivity index (χ3n) is 4.57. The maximum Gasteiger partial charge on any atom is 0.231 e. The van der Waals surface area contributed by atoms with Crippen LogP contribution in [0.4, 0.5) is 5.82 Å². The molecule has 1 aliphatic carbocycles. The van der Waals surface area contributed by atoms with E-state index in [1.807, 2.05) is 12.1 Å². The van der Waals surface area contributed by atoms with Gasteiger partial charge >= 0.3 is 0 Å². The number of anilines is 1. The SMILES string of the molecule is COc1cc(/C=N\Nc2ncnc3sc4c(c23)CCC4)cc2c1OCO2. The minimum atomic E-state index is 0.201. The Kier molecular flexibility index (Phi) is 3.63. The summed E-state index contributed by atoms with van der Waals surface area (Å²) in [7, 11) is 1.60. The Balaban J connectivity index is 1.44. The van der Waals surface area contributed by atoms with Crippen molar-refractivity contribution in [3.63, 3.8) is 0 Å². The van der Waals surface area contributed by atoms with Crippen LogP contribution in [0.5, 0.6) is 17.2 Å². The van der Waals surface area contributed by atoms with E-state index in [1.54, 1.807) is 31.0 Å². The number of aryl methyl sites for hydroxylation is 2. The van der Waals surface area contributed by atoms with Crippen molar-refractivity contribution in [2.24, 2.45) is 5.10 Å². The molecule has 2 aromatic heterocycles. The summed E-state index contributed by atoms with van der Waals surface area (Å²) in [5.41, 5.74) is 5.28. The number of nitrogens with zero attached hydrogens (tertiary/aromatic N) is 3. The van der Waals surface area contributed by atoms with Crippen LogP contribution < -0.4 is 19.6 Å². The number of nitrogens with one attached hydrogen (secondary N) is 1. The lowest BCUT2D eigenvalue weighted by Gasteiger charge is -2.06. The summed E-state index contributed by atoms with van der Waals surface area (Å²) in [4.78, 5) is 11.2. The predicted octanol–water partition coefficient (Wildman–Crippen LogP) is 3.36. The highest BCUT2D eigenvalue weighted by atomic mass is 32.1. The number of hydrogen-bond acceptors (Lipinski definition) is 8. The fraction of sp³-hybridized carbons (Fsp3) is 0.278. The molecule has 7 nitrogen and oxygen atoms in total. The molecule has 0 saturated carbocycles. The van der Waals surface area contributed by atoms with Crippen molar-refractivity contribution < 1.29 is 14.2 Å². The van der Waals surface area contributed by atoms with Crippen molar-refractivity contribution in [2.75, 3.05) is 19.3 Å². The number of ether oxygens (including phenoxy) is 3. The van der Waals surface area contributed by atoms with Crippen molar-refractivity contribution in [1.29, 1.82) is 0 Å². The van der Waals surface area contributed by atoms with Crippen molar-refractivity contribution >= 4 is 33.6 Å². The smallest absolute Gasteiger partial charge is 0.231 e. The number of rotatable bonds is 4. The molecule has 1 aromatic carbocycles. The molecule has 3 heterocycles. The molecule has 5 rings (SSSR count). The lowest BCUT2D eigenvalue weighted by Crippen LogP contribution is -1.96. The molecular formula is C18H16N4O3S. The molecule has 1 aliphatic heterocycles. The molecule has 0 atom stereocenters. The Morgan fingerprint density at radius 3 is 3.15 bits per heavy atom. The topological polar surface area (TPSA) is 77.9 Å². The molecule has 0 radical (unpaired) electrons. The lowest BCUT2D eigenvalue weighted by molar-refractivity contribution is 0.171. The average Bonchev–Trinajstić information content (AvgIpc) is 3.36. The quantitative estimate of drug-likeness (QED) is 0.562. The van der Waals surface area contributed by atoms with Crippen LogP contribution in [0, 0.1) is 0 Å². The van der Waals surface area contributed by atoms with Crippen molar-refractivity contribution in [3.8, 4) is 17.2 Å². The first kappa shape index (κ1) is 15.4. The van der Waals surface area contributed by atoms with E-state index in [2.05, 4.69) is 20.5 Å². The van der Waals surface area contributed by atoms with Gasteiger partial charge in [0.05, 0.1) is 18.7 Å². The van der Waals surface area contributed by atoms with E-state index in [0.29, 0.717) is 17.2 Å². The van der Waals surface area contributed by atoms with Crippen molar-refractivity contribution in [2.45, 2.75) is 19.3 Å². The van der Waals surface area contributed by atoms with E-state index in [0.717, 1.165) is 34.4 Å². The number of hydrogen-bond donors (Lipinski definition) is 1. The van der Waals surface area contributed by atoms with Gasteiger partial charge in [-0.25, -0.2) is 9.97 Å². The number of benzene rings is 1. The van der Waals surface area contributed by atoms with E-state index in [1.165, 1.54) is 16.9 Å². The second-order valence-corrected chi connectivity index (χ2v) is 7.17. The van der Waals surface area contributed by atoms with Crippen LogP contribution in [0.1, 0.15) is 22.4 Å². The van der Waals surface area contributed by atoms with Gasteiger partial charge in [-0.2, -0.15) is 5.10 Å². The van der Waals surface area contributed by atoms with Gasteiger partial charge in [0.2, 0.25) is 12.5 Å². The van der Waals surface area contributed by atoms with Crippen LogP contribution in [0.15, 0.2) is 23.6 Å². The lowest BCUT2D eigenvalue weighted by atomic mass is 10.2. The minimum Gasteiger partial charge on any atom is -0.493 e. The van der Waals surface area contributed by atoms with Gasteiger partial charge in [0.25, 0.3) is 0 Å². The van der Waals surface area contributed by atoms with Crippen LogP contribution in [0.2, 0.25) is 0 Å². The number of fused-ring (bicyclic) bond motifs is 4. The second-order valence-electron chi connectivity index (χ2n) is 6.09. The van der Waals surface area contributed by atoms with Crippen LogP contribution in [-0.4, -0.2) is 30.1 Å². The number of aromatic nitrogens is 2. The van der Waals surface area contributed by atoms with Gasteiger partial charge in [-0.15, -0.1) is 11.3 Å². The number of thiophene rings is 1. The maximum absolute atomic E-state index is 5.44. The largest absolute Gasteiger partial charge is 0.493 e. The molecule has 8 heteroatoms. The van der Waals surface area contributed by atoms with Gasteiger partial charge < -0.3 is 14.2 Å². The summed E-state index contributed by atoms with van der Waals surface area (Å²) in [6, 6.07) is 3.73. The fourth-order valence-electron chi connectivity index (χ4n) is 3.41. The van der Waals surface area contributed by atoms with Gasteiger partial charge in [0, 0.05) is 10.4 Å². The van der Waals surface area contributed by atoms with Gasteiger partial charge in [0.1, 0.15) is 11.2 Å². The molecule has 1 N–H and O–H groups in total. The van der Waals surface area contributed by atoms with Gasteiger partial charge in [-0.3, -0.25) is 5.43 Å². The first-order valence-electron chi connectivity index (χ1n) is 8.35. The Hall–Kier alpha value is -2.87. The van der Waals surface area contributed by atoms with E-state index in [4.69, 9.17) is 14.2 Å². The normalized spacial score (nSPS) is 15.0. The zero-order chi connectivity index (χ0) is 17.5. The fourth-order valence-corrected chi connectivity index (χ4v) is 4.63. The first-order valence-corrected chi connectivity index (χ1v) is 9.17. The highest BCUT2D eigenvalue weighted by Crippen LogP contribution is 2.41. The standard InChI is InChI=1S/C18H16N4O3S/c1-23-12-5-10(6-13-16(12)25-9-24-13)7-21-22-17-15-11-3-2-4-14(11)26-18(15)20-8-19-17/h5-8H,2-4,9H2,1H3,(H,19,20,22)/b21-7-. The average molecular weight is 368 g/mol. The van der Waals surface area contributed by atoms with E-state index >= 15 is 0 Å². The van der Waals surface area contributed by atoms with Crippen LogP contribution >= 0.6 is 11.3 Å². The highest BCUT2D eigenvalue weighted by molar-refractivity contribution is 7.19. The molecule has 0 unspecified atom stereocenters. The Morgan fingerprint density at radius 1 is 1.27 bits per heavy atom. The number of hydrazone groups is 1. The van der Waals surface area contributed by atoms with E-state index < -0.39 is 0 Å². The molecular weight excluding hydrogens is 352 g/mol. The zero-order valence-corrected chi connectivity index (χ0v) is 14.9. The molecule has 26 heavy (non-hydrogen) atoms. The second kappa shape index (κ2) is 6.14. The summed E-state index contributed by atoms with van der Waals surface area (Å²) in [5, 5.41) is 5.46. The highest BCUT2D eigenvalue weighted by Gasteiger charge is 2.21. The summed E-state index contributed by atoms with van der Waals surface area (Å²) in [6.45, 7) is 0.201. The van der Waals surface area contributed by atoms with Gasteiger partial charge in [-0.1, -0.05) is 0 Å². The van der Waals surface area contributed by atoms with E-state index in [-0.39, 0.29) is 6.79 Å². The third kappa shape index (κ3) is 2.45. The Morgan fingerprint density at radius 2 is 2.23 bits per heavy atom. The van der Waals surface area contributed by atoms with Crippen LogP contribution in [0.3, 0.4) is 0 Å². The Bertz CT molecular complexity index is 1030.